The Hall–Kier alpha value is -2.28. The van der Waals surface area contributed by atoms with Crippen molar-refractivity contribution in [3.63, 3.8) is 0 Å². The third-order valence-corrected chi connectivity index (χ3v) is 2.81. The van der Waals surface area contributed by atoms with Crippen LogP contribution in [-0.4, -0.2) is 22.2 Å². The van der Waals surface area contributed by atoms with E-state index in [-0.39, 0.29) is 5.56 Å². The molecule has 0 bridgehead atoms. The molecule has 0 spiro atoms. The number of aromatic hydroxyl groups is 1. The number of carbonyl (C=O) groups excluding carboxylic acids is 1. The molecule has 7 heteroatoms. The molecular weight excluding hydrogens is 329 g/mol. The number of phenolic OH excluding ortho intramolecular Hbond substituents is 1. The van der Waals surface area contributed by atoms with Crippen LogP contribution in [0.15, 0.2) is 46.2 Å². The lowest BCUT2D eigenvalue weighted by atomic mass is 10.2. The first-order chi connectivity index (χ1) is 9.58. The van der Waals surface area contributed by atoms with E-state index in [1.165, 1.54) is 12.3 Å². The third-order valence-electron chi connectivity index (χ3n) is 2.35. The number of carbonyl (C=O) groups is 1. The van der Waals surface area contributed by atoms with Crippen molar-refractivity contribution in [3.05, 3.63) is 58.1 Å². The number of benzene rings is 1. The summed E-state index contributed by atoms with van der Waals surface area (Å²) in [5.41, 5.74) is 2.74. The molecule has 2 rings (SSSR count). The Balaban J connectivity index is 2.10. The first kappa shape index (κ1) is 14.1. The van der Waals surface area contributed by atoms with E-state index in [2.05, 4.69) is 31.4 Å². The zero-order valence-corrected chi connectivity index (χ0v) is 11.6. The van der Waals surface area contributed by atoms with Gasteiger partial charge in [0.1, 0.15) is 0 Å². The van der Waals surface area contributed by atoms with Crippen LogP contribution in [0.3, 0.4) is 0 Å². The number of rotatable bonds is 3. The fourth-order valence-corrected chi connectivity index (χ4v) is 1.85. The minimum absolute atomic E-state index is 0.142. The molecule has 0 aliphatic carbocycles. The maximum Gasteiger partial charge on any atom is 0.272 e. The quantitative estimate of drug-likeness (QED) is 0.667. The average molecular weight is 338 g/mol. The summed E-state index contributed by atoms with van der Waals surface area (Å²) in [6.07, 6.45) is 4.08. The molecule has 2 aromatic rings. The number of nitrogens with one attached hydrogen (secondary N) is 1. The molecule has 0 radical (unpaired) electrons. The van der Waals surface area contributed by atoms with E-state index in [1.54, 1.807) is 18.3 Å². The van der Waals surface area contributed by atoms with Crippen LogP contribution in [0.5, 0.6) is 5.75 Å². The number of aromatic nitrogens is 1. The molecule has 20 heavy (non-hydrogen) atoms. The van der Waals surface area contributed by atoms with Gasteiger partial charge in [-0.25, -0.2) is 9.82 Å². The number of hydrogen-bond acceptors (Lipinski definition) is 4. The van der Waals surface area contributed by atoms with Gasteiger partial charge >= 0.3 is 0 Å². The van der Waals surface area contributed by atoms with E-state index in [9.17, 15) is 14.3 Å². The summed E-state index contributed by atoms with van der Waals surface area (Å²) in [6, 6.07) is 5.79. The molecule has 0 fully saturated rings. The second-order valence-electron chi connectivity index (χ2n) is 3.77. The van der Waals surface area contributed by atoms with Crippen LogP contribution in [0.4, 0.5) is 4.39 Å². The van der Waals surface area contributed by atoms with Crippen LogP contribution < -0.4 is 5.43 Å². The van der Waals surface area contributed by atoms with Gasteiger partial charge in [0.05, 0.1) is 11.8 Å². The Morgan fingerprint density at radius 2 is 2.30 bits per heavy atom. The lowest BCUT2D eigenvalue weighted by molar-refractivity contribution is 0.0954. The normalized spacial score (nSPS) is 10.7. The Morgan fingerprint density at radius 1 is 1.50 bits per heavy atom. The highest BCUT2D eigenvalue weighted by molar-refractivity contribution is 9.10. The van der Waals surface area contributed by atoms with Crippen molar-refractivity contribution < 1.29 is 14.3 Å². The first-order valence-corrected chi connectivity index (χ1v) is 6.28. The standard InChI is InChI=1S/C13H9BrFN3O2/c14-10-4-9(12(19)11(15)5-10)7-17-18-13(20)8-2-1-3-16-6-8/h1-7,19H,(H,18,20)/b17-7+. The molecule has 0 aliphatic heterocycles. The van der Waals surface area contributed by atoms with Gasteiger partial charge in [-0.15, -0.1) is 0 Å². The van der Waals surface area contributed by atoms with E-state index >= 15 is 0 Å². The van der Waals surface area contributed by atoms with Gasteiger partial charge in [-0.1, -0.05) is 15.9 Å². The molecule has 1 heterocycles. The highest BCUT2D eigenvalue weighted by Gasteiger charge is 2.07. The molecule has 5 nitrogen and oxygen atoms in total. The van der Waals surface area contributed by atoms with Crippen molar-refractivity contribution >= 4 is 28.1 Å². The average Bonchev–Trinajstić information content (AvgIpc) is 2.44. The van der Waals surface area contributed by atoms with Crippen molar-refractivity contribution in [1.82, 2.24) is 10.4 Å². The third kappa shape index (κ3) is 3.39. The number of nitrogens with zero attached hydrogens (tertiary/aromatic N) is 2. The van der Waals surface area contributed by atoms with Gasteiger partial charge in [0, 0.05) is 22.4 Å². The van der Waals surface area contributed by atoms with Gasteiger partial charge in [-0.2, -0.15) is 5.10 Å². The van der Waals surface area contributed by atoms with Crippen molar-refractivity contribution in [2.75, 3.05) is 0 Å². The second kappa shape index (κ2) is 6.25. The van der Waals surface area contributed by atoms with E-state index in [4.69, 9.17) is 0 Å². The van der Waals surface area contributed by atoms with Gasteiger partial charge < -0.3 is 5.11 Å². The maximum absolute atomic E-state index is 13.3. The Bertz CT molecular complexity index is 662. The lowest BCUT2D eigenvalue weighted by Crippen LogP contribution is -2.17. The summed E-state index contributed by atoms with van der Waals surface area (Å²) < 4.78 is 13.7. The highest BCUT2D eigenvalue weighted by atomic mass is 79.9. The van der Waals surface area contributed by atoms with Crippen LogP contribution in [-0.2, 0) is 0 Å². The molecular formula is C13H9BrFN3O2. The SMILES string of the molecule is O=C(N/N=C/c1cc(Br)cc(F)c1O)c1cccnc1. The summed E-state index contributed by atoms with van der Waals surface area (Å²) >= 11 is 3.10. The Labute approximate surface area is 122 Å². The number of hydrazone groups is 1. The van der Waals surface area contributed by atoms with E-state index < -0.39 is 17.5 Å². The summed E-state index contributed by atoms with van der Waals surface area (Å²) in [5, 5.41) is 13.2. The van der Waals surface area contributed by atoms with Crippen LogP contribution in [0, 0.1) is 5.82 Å². The molecule has 102 valence electrons. The topological polar surface area (TPSA) is 74.6 Å². The minimum Gasteiger partial charge on any atom is -0.504 e. The highest BCUT2D eigenvalue weighted by Crippen LogP contribution is 2.24. The maximum atomic E-state index is 13.3. The van der Waals surface area contributed by atoms with Crippen LogP contribution in [0.25, 0.3) is 0 Å². The summed E-state index contributed by atoms with van der Waals surface area (Å²) in [6.45, 7) is 0. The largest absolute Gasteiger partial charge is 0.504 e. The van der Waals surface area contributed by atoms with Crippen LogP contribution in [0.2, 0.25) is 0 Å². The molecule has 1 aromatic carbocycles. The van der Waals surface area contributed by atoms with E-state index in [1.807, 2.05) is 0 Å². The molecule has 0 saturated carbocycles. The Kier molecular flexibility index (Phi) is 4.41. The molecule has 1 aromatic heterocycles. The molecule has 0 atom stereocenters. The fourth-order valence-electron chi connectivity index (χ4n) is 1.41. The minimum atomic E-state index is -0.778. The van der Waals surface area contributed by atoms with Crippen molar-refractivity contribution in [3.8, 4) is 5.75 Å². The zero-order valence-electron chi connectivity index (χ0n) is 10.0. The Morgan fingerprint density at radius 3 is 3.00 bits per heavy atom. The lowest BCUT2D eigenvalue weighted by Gasteiger charge is -2.02. The molecule has 2 N–H and O–H groups in total. The van der Waals surface area contributed by atoms with E-state index in [0.717, 1.165) is 12.3 Å². The number of phenols is 1. The molecule has 1 amide bonds. The number of pyridine rings is 1. The summed E-state index contributed by atoms with van der Waals surface area (Å²) in [4.78, 5) is 15.4. The number of amides is 1. The molecule has 0 unspecified atom stereocenters. The van der Waals surface area contributed by atoms with Gasteiger partial charge in [-0.05, 0) is 24.3 Å². The molecule has 0 aliphatic rings. The van der Waals surface area contributed by atoms with Gasteiger partial charge in [0.2, 0.25) is 0 Å². The fraction of sp³-hybridized carbons (Fsp3) is 0. The van der Waals surface area contributed by atoms with Crippen molar-refractivity contribution in [2.24, 2.45) is 5.10 Å². The van der Waals surface area contributed by atoms with Crippen LogP contribution >= 0.6 is 15.9 Å². The summed E-state index contributed by atoms with van der Waals surface area (Å²) in [5.74, 6) is -1.77. The van der Waals surface area contributed by atoms with Crippen LogP contribution in [0.1, 0.15) is 15.9 Å². The summed E-state index contributed by atoms with van der Waals surface area (Å²) in [7, 11) is 0. The van der Waals surface area contributed by atoms with Gasteiger partial charge in [0.15, 0.2) is 11.6 Å². The second-order valence-corrected chi connectivity index (χ2v) is 4.68. The van der Waals surface area contributed by atoms with Gasteiger partial charge in [-0.3, -0.25) is 9.78 Å². The molecule has 0 saturated heterocycles. The predicted octanol–water partition coefficient (Wildman–Crippen LogP) is 2.45. The smallest absolute Gasteiger partial charge is 0.272 e. The number of halogens is 2. The van der Waals surface area contributed by atoms with Gasteiger partial charge in [0.25, 0.3) is 5.91 Å². The van der Waals surface area contributed by atoms with Crippen molar-refractivity contribution in [2.45, 2.75) is 0 Å². The monoisotopic (exact) mass is 337 g/mol. The predicted molar refractivity (Wildman–Crippen MR) is 75.1 cm³/mol. The van der Waals surface area contributed by atoms with E-state index in [0.29, 0.717) is 10.0 Å². The van der Waals surface area contributed by atoms with Crippen molar-refractivity contribution in [1.29, 1.82) is 0 Å². The zero-order chi connectivity index (χ0) is 14.5. The first-order valence-electron chi connectivity index (χ1n) is 5.49. The number of hydrogen-bond donors (Lipinski definition) is 2.